The standard InChI is InChI=1S/C24H24FN5OS/c1-24(2,3)30-22(17-6-8-18(25)9-7-17)20(14-28-30)23-29-19(15-32-23)11-21(31)27-13-16-5-4-10-26-12-16/h4-10,12,14-15H,11,13H2,1-3H3,(H,27,31). The molecule has 0 bridgehead atoms. The third kappa shape index (κ3) is 4.91. The normalized spacial score (nSPS) is 11.5. The summed E-state index contributed by atoms with van der Waals surface area (Å²) in [6.07, 6.45) is 5.40. The van der Waals surface area contributed by atoms with E-state index >= 15 is 0 Å². The zero-order chi connectivity index (χ0) is 22.7. The molecule has 0 aliphatic heterocycles. The number of carbonyl (C=O) groups excluding carboxylic acids is 1. The Hall–Kier alpha value is -3.39. The molecule has 0 aliphatic carbocycles. The molecule has 1 N–H and O–H groups in total. The lowest BCUT2D eigenvalue weighted by atomic mass is 10.0. The summed E-state index contributed by atoms with van der Waals surface area (Å²) in [5.74, 6) is -0.388. The highest BCUT2D eigenvalue weighted by atomic mass is 32.1. The Bertz CT molecular complexity index is 1210. The van der Waals surface area contributed by atoms with Crippen molar-refractivity contribution in [2.45, 2.75) is 39.3 Å². The summed E-state index contributed by atoms with van der Waals surface area (Å²) in [7, 11) is 0. The third-order valence-corrected chi connectivity index (χ3v) is 5.78. The molecule has 32 heavy (non-hydrogen) atoms. The molecule has 0 aliphatic rings. The van der Waals surface area contributed by atoms with Gasteiger partial charge in [0.1, 0.15) is 10.8 Å². The summed E-state index contributed by atoms with van der Waals surface area (Å²) in [5, 5.41) is 10.2. The van der Waals surface area contributed by atoms with Crippen molar-refractivity contribution in [1.29, 1.82) is 0 Å². The van der Waals surface area contributed by atoms with Crippen LogP contribution in [-0.2, 0) is 23.3 Å². The van der Waals surface area contributed by atoms with E-state index in [1.54, 1.807) is 30.7 Å². The molecule has 4 aromatic rings. The summed E-state index contributed by atoms with van der Waals surface area (Å²) < 4.78 is 15.4. The number of amides is 1. The quantitative estimate of drug-likeness (QED) is 0.458. The number of pyridine rings is 1. The molecule has 0 unspecified atom stereocenters. The van der Waals surface area contributed by atoms with Gasteiger partial charge in [-0.15, -0.1) is 11.3 Å². The number of aromatic nitrogens is 4. The fourth-order valence-corrected chi connectivity index (χ4v) is 4.17. The van der Waals surface area contributed by atoms with E-state index in [-0.39, 0.29) is 23.7 Å². The number of hydrogen-bond acceptors (Lipinski definition) is 5. The van der Waals surface area contributed by atoms with E-state index in [0.717, 1.165) is 27.4 Å². The van der Waals surface area contributed by atoms with Crippen molar-refractivity contribution in [3.63, 3.8) is 0 Å². The molecule has 0 radical (unpaired) electrons. The topological polar surface area (TPSA) is 72.7 Å². The van der Waals surface area contributed by atoms with Gasteiger partial charge in [0.2, 0.25) is 5.91 Å². The SMILES string of the molecule is CC(C)(C)n1ncc(-c2nc(CC(=O)NCc3cccnc3)cs2)c1-c1ccc(F)cc1. The molecule has 0 atom stereocenters. The third-order valence-electron chi connectivity index (χ3n) is 4.86. The van der Waals surface area contributed by atoms with Crippen molar-refractivity contribution < 1.29 is 9.18 Å². The van der Waals surface area contributed by atoms with Gasteiger partial charge in [-0.1, -0.05) is 6.07 Å². The number of hydrogen-bond donors (Lipinski definition) is 1. The van der Waals surface area contributed by atoms with Gasteiger partial charge >= 0.3 is 0 Å². The highest BCUT2D eigenvalue weighted by molar-refractivity contribution is 7.13. The number of nitrogens with one attached hydrogen (secondary N) is 1. The number of benzene rings is 1. The minimum atomic E-state index is -0.286. The second-order valence-corrected chi connectivity index (χ2v) is 9.31. The molecule has 0 saturated carbocycles. The molecule has 0 spiro atoms. The molecule has 0 fully saturated rings. The summed E-state index contributed by atoms with van der Waals surface area (Å²) in [5.41, 5.74) is 3.97. The Kier molecular flexibility index (Phi) is 6.14. The first-order chi connectivity index (χ1) is 15.3. The first kappa shape index (κ1) is 21.8. The van der Waals surface area contributed by atoms with Crippen molar-refractivity contribution in [1.82, 2.24) is 25.1 Å². The van der Waals surface area contributed by atoms with Crippen LogP contribution in [0.25, 0.3) is 21.8 Å². The summed E-state index contributed by atoms with van der Waals surface area (Å²) >= 11 is 1.47. The van der Waals surface area contributed by atoms with Gasteiger partial charge in [-0.2, -0.15) is 5.10 Å². The van der Waals surface area contributed by atoms with Gasteiger partial charge in [-0.25, -0.2) is 9.37 Å². The Morgan fingerprint density at radius 3 is 2.62 bits per heavy atom. The predicted molar refractivity (Wildman–Crippen MR) is 124 cm³/mol. The second-order valence-electron chi connectivity index (χ2n) is 8.46. The van der Waals surface area contributed by atoms with Gasteiger partial charge in [0.05, 0.1) is 35.1 Å². The van der Waals surface area contributed by atoms with E-state index in [1.807, 2.05) is 22.2 Å². The minimum Gasteiger partial charge on any atom is -0.352 e. The number of carbonyl (C=O) groups is 1. The van der Waals surface area contributed by atoms with Crippen molar-refractivity contribution in [2.75, 3.05) is 0 Å². The van der Waals surface area contributed by atoms with Crippen LogP contribution in [0.1, 0.15) is 32.0 Å². The van der Waals surface area contributed by atoms with E-state index in [1.165, 1.54) is 23.5 Å². The van der Waals surface area contributed by atoms with Crippen LogP contribution in [0, 0.1) is 5.82 Å². The van der Waals surface area contributed by atoms with Crippen LogP contribution in [0.15, 0.2) is 60.4 Å². The van der Waals surface area contributed by atoms with Gasteiger partial charge in [-0.05, 0) is 56.7 Å². The lowest BCUT2D eigenvalue weighted by Crippen LogP contribution is -2.24. The lowest BCUT2D eigenvalue weighted by Gasteiger charge is -2.23. The van der Waals surface area contributed by atoms with Crippen molar-refractivity contribution in [2.24, 2.45) is 0 Å². The maximum Gasteiger partial charge on any atom is 0.226 e. The average molecular weight is 450 g/mol. The zero-order valence-electron chi connectivity index (χ0n) is 18.2. The first-order valence-corrected chi connectivity index (χ1v) is 11.1. The van der Waals surface area contributed by atoms with Crippen LogP contribution in [0.2, 0.25) is 0 Å². The second kappa shape index (κ2) is 9.00. The van der Waals surface area contributed by atoms with Crippen LogP contribution < -0.4 is 5.32 Å². The molecule has 3 heterocycles. The minimum absolute atomic E-state index is 0.102. The molecule has 1 aromatic carbocycles. The van der Waals surface area contributed by atoms with E-state index in [9.17, 15) is 9.18 Å². The molecule has 164 valence electrons. The van der Waals surface area contributed by atoms with Crippen LogP contribution in [-0.4, -0.2) is 25.7 Å². The van der Waals surface area contributed by atoms with E-state index in [2.05, 4.69) is 36.2 Å². The average Bonchev–Trinajstić information content (AvgIpc) is 3.40. The molecule has 1 amide bonds. The summed E-state index contributed by atoms with van der Waals surface area (Å²) in [4.78, 5) is 21.1. The van der Waals surface area contributed by atoms with Gasteiger partial charge in [-0.3, -0.25) is 14.5 Å². The van der Waals surface area contributed by atoms with Gasteiger partial charge in [0.25, 0.3) is 0 Å². The number of rotatable bonds is 6. The molecular formula is C24H24FN5OS. The number of nitrogens with zero attached hydrogens (tertiary/aromatic N) is 4. The predicted octanol–water partition coefficient (Wildman–Crippen LogP) is 4.82. The van der Waals surface area contributed by atoms with Crippen molar-refractivity contribution >= 4 is 17.2 Å². The smallest absolute Gasteiger partial charge is 0.226 e. The van der Waals surface area contributed by atoms with Crippen molar-refractivity contribution in [3.8, 4) is 21.8 Å². The molecule has 6 nitrogen and oxygen atoms in total. The molecule has 8 heteroatoms. The van der Waals surface area contributed by atoms with Gasteiger partial charge < -0.3 is 5.32 Å². The fourth-order valence-electron chi connectivity index (χ4n) is 3.34. The Morgan fingerprint density at radius 2 is 1.94 bits per heavy atom. The Balaban J connectivity index is 1.56. The summed E-state index contributed by atoms with van der Waals surface area (Å²) in [6.45, 7) is 6.63. The maximum absolute atomic E-state index is 13.5. The van der Waals surface area contributed by atoms with E-state index < -0.39 is 0 Å². The Morgan fingerprint density at radius 1 is 1.16 bits per heavy atom. The first-order valence-electron chi connectivity index (χ1n) is 10.3. The lowest BCUT2D eigenvalue weighted by molar-refractivity contribution is -0.120. The summed E-state index contributed by atoms with van der Waals surface area (Å²) in [6, 6.07) is 10.1. The van der Waals surface area contributed by atoms with Crippen LogP contribution in [0.5, 0.6) is 0 Å². The van der Waals surface area contributed by atoms with Gasteiger partial charge in [0.15, 0.2) is 0 Å². The fraction of sp³-hybridized carbons (Fsp3) is 0.250. The number of halogens is 1. The van der Waals surface area contributed by atoms with E-state index in [4.69, 9.17) is 4.98 Å². The highest BCUT2D eigenvalue weighted by Gasteiger charge is 2.24. The molecule has 3 aromatic heterocycles. The van der Waals surface area contributed by atoms with Crippen molar-refractivity contribution in [3.05, 3.63) is 77.4 Å². The molecule has 4 rings (SSSR count). The van der Waals surface area contributed by atoms with Crippen LogP contribution in [0.3, 0.4) is 0 Å². The molecular weight excluding hydrogens is 425 g/mol. The largest absolute Gasteiger partial charge is 0.352 e. The van der Waals surface area contributed by atoms with E-state index in [0.29, 0.717) is 12.2 Å². The molecule has 0 saturated heterocycles. The number of thiazole rings is 1. The monoisotopic (exact) mass is 449 g/mol. The maximum atomic E-state index is 13.5. The Labute approximate surface area is 190 Å². The zero-order valence-corrected chi connectivity index (χ0v) is 19.0. The van der Waals surface area contributed by atoms with Crippen LogP contribution >= 0.6 is 11.3 Å². The van der Waals surface area contributed by atoms with Gasteiger partial charge in [0, 0.05) is 29.9 Å². The van der Waals surface area contributed by atoms with Crippen LogP contribution in [0.4, 0.5) is 4.39 Å². The highest BCUT2D eigenvalue weighted by Crippen LogP contribution is 2.36.